The van der Waals surface area contributed by atoms with Gasteiger partial charge in [-0.1, -0.05) is 53.3 Å². The summed E-state index contributed by atoms with van der Waals surface area (Å²) in [5.74, 6) is 0.709. The number of nitrogens with one attached hydrogen (secondary N) is 1. The summed E-state index contributed by atoms with van der Waals surface area (Å²) < 4.78 is 10.6. The molecule has 0 atom stereocenters. The van der Waals surface area contributed by atoms with Crippen molar-refractivity contribution >= 4 is 35.0 Å². The molecule has 1 heterocycles. The Morgan fingerprint density at radius 1 is 1.11 bits per heavy atom. The number of ether oxygens (including phenoxy) is 1. The van der Waals surface area contributed by atoms with Crippen molar-refractivity contribution in [2.24, 2.45) is 0 Å². The van der Waals surface area contributed by atoms with Gasteiger partial charge < -0.3 is 19.5 Å². The van der Waals surface area contributed by atoms with Gasteiger partial charge in [0, 0.05) is 23.7 Å². The molecule has 1 aliphatic rings. The predicted molar refractivity (Wildman–Crippen MR) is 134 cm³/mol. The second-order valence-electron chi connectivity index (χ2n) is 8.53. The standard InChI is InChI=1S/C26H27Cl2N3O4/c1-34-20-9-6-17(7-10-20)12-13-29-25(32)24-15-21(35-30-24)16-31(19-4-2-3-5-19)26(33)22-11-8-18(27)14-23(22)28/h6-11,14-15,19H,2-5,12-13,16H2,1H3,(H,29,32). The SMILES string of the molecule is COc1ccc(CCNC(=O)c2cc(CN(C(=O)c3ccc(Cl)cc3Cl)C3CCCC3)on2)cc1. The first-order valence-corrected chi connectivity index (χ1v) is 12.3. The van der Waals surface area contributed by atoms with Gasteiger partial charge in [-0.2, -0.15) is 0 Å². The van der Waals surface area contributed by atoms with Gasteiger partial charge in [-0.05, 0) is 55.2 Å². The van der Waals surface area contributed by atoms with Crippen LogP contribution in [-0.4, -0.2) is 41.6 Å². The minimum atomic E-state index is -0.326. The number of amides is 2. The second-order valence-corrected chi connectivity index (χ2v) is 9.37. The molecule has 1 aliphatic carbocycles. The number of carbonyl (C=O) groups excluding carboxylic acids is 2. The van der Waals surface area contributed by atoms with Crippen LogP contribution >= 0.6 is 23.2 Å². The molecule has 0 spiro atoms. The van der Waals surface area contributed by atoms with Crippen molar-refractivity contribution in [1.82, 2.24) is 15.4 Å². The van der Waals surface area contributed by atoms with Crippen LogP contribution in [0, 0.1) is 0 Å². The van der Waals surface area contributed by atoms with Gasteiger partial charge in [0.15, 0.2) is 11.5 Å². The molecule has 0 aliphatic heterocycles. The molecule has 7 nitrogen and oxygen atoms in total. The molecule has 3 aromatic rings. The summed E-state index contributed by atoms with van der Waals surface area (Å²) in [6, 6.07) is 14.2. The fourth-order valence-electron chi connectivity index (χ4n) is 4.27. The molecule has 0 unspecified atom stereocenters. The molecule has 184 valence electrons. The van der Waals surface area contributed by atoms with Crippen molar-refractivity contribution in [3.8, 4) is 5.75 Å². The smallest absolute Gasteiger partial charge is 0.273 e. The van der Waals surface area contributed by atoms with Crippen molar-refractivity contribution in [3.05, 3.63) is 81.2 Å². The second kappa shape index (κ2) is 11.6. The third kappa shape index (κ3) is 6.35. The van der Waals surface area contributed by atoms with Crippen LogP contribution in [0.15, 0.2) is 53.1 Å². The fourth-order valence-corrected chi connectivity index (χ4v) is 4.76. The summed E-state index contributed by atoms with van der Waals surface area (Å²) in [5.41, 5.74) is 1.65. The van der Waals surface area contributed by atoms with Crippen molar-refractivity contribution in [2.75, 3.05) is 13.7 Å². The summed E-state index contributed by atoms with van der Waals surface area (Å²) in [5, 5.41) is 7.55. The van der Waals surface area contributed by atoms with Gasteiger partial charge in [0.2, 0.25) is 0 Å². The first-order valence-electron chi connectivity index (χ1n) is 11.6. The Morgan fingerprint density at radius 2 is 1.86 bits per heavy atom. The molecule has 1 saturated carbocycles. The number of benzene rings is 2. The predicted octanol–water partition coefficient (Wildman–Crippen LogP) is 5.55. The van der Waals surface area contributed by atoms with E-state index in [4.69, 9.17) is 32.5 Å². The molecular weight excluding hydrogens is 489 g/mol. The first kappa shape index (κ1) is 25.1. The van der Waals surface area contributed by atoms with E-state index in [1.54, 1.807) is 36.3 Å². The number of hydrogen-bond acceptors (Lipinski definition) is 5. The minimum Gasteiger partial charge on any atom is -0.497 e. The molecule has 1 fully saturated rings. The van der Waals surface area contributed by atoms with Crippen LogP contribution in [0.4, 0.5) is 0 Å². The Morgan fingerprint density at radius 3 is 2.54 bits per heavy atom. The first-order chi connectivity index (χ1) is 16.9. The summed E-state index contributed by atoms with van der Waals surface area (Å²) >= 11 is 12.3. The Hall–Kier alpha value is -3.03. The van der Waals surface area contributed by atoms with Gasteiger partial charge >= 0.3 is 0 Å². The largest absolute Gasteiger partial charge is 0.497 e. The quantitative estimate of drug-likeness (QED) is 0.403. The highest BCUT2D eigenvalue weighted by Crippen LogP contribution is 2.29. The summed E-state index contributed by atoms with van der Waals surface area (Å²) in [7, 11) is 1.62. The van der Waals surface area contributed by atoms with Crippen molar-refractivity contribution < 1.29 is 18.8 Å². The van der Waals surface area contributed by atoms with E-state index in [1.807, 2.05) is 24.3 Å². The molecule has 35 heavy (non-hydrogen) atoms. The Bertz CT molecular complexity index is 1170. The monoisotopic (exact) mass is 515 g/mol. The molecule has 4 rings (SSSR count). The van der Waals surface area contributed by atoms with E-state index in [9.17, 15) is 9.59 Å². The Balaban J connectivity index is 1.39. The lowest BCUT2D eigenvalue weighted by Gasteiger charge is -2.28. The number of aromatic nitrogens is 1. The average molecular weight is 516 g/mol. The average Bonchev–Trinajstić information content (AvgIpc) is 3.55. The van der Waals surface area contributed by atoms with Crippen molar-refractivity contribution in [2.45, 2.75) is 44.7 Å². The lowest BCUT2D eigenvalue weighted by Crippen LogP contribution is -2.38. The van der Waals surface area contributed by atoms with Crippen LogP contribution in [0.5, 0.6) is 5.75 Å². The number of methoxy groups -OCH3 is 1. The van der Waals surface area contributed by atoms with Gasteiger partial charge in [0.1, 0.15) is 5.75 Å². The Labute approximate surface area is 214 Å². The topological polar surface area (TPSA) is 84.7 Å². The van der Waals surface area contributed by atoms with E-state index >= 15 is 0 Å². The van der Waals surface area contributed by atoms with Gasteiger partial charge in [0.25, 0.3) is 11.8 Å². The summed E-state index contributed by atoms with van der Waals surface area (Å²) in [4.78, 5) is 27.7. The summed E-state index contributed by atoms with van der Waals surface area (Å²) in [6.45, 7) is 0.656. The summed E-state index contributed by atoms with van der Waals surface area (Å²) in [6.07, 6.45) is 4.60. The fraction of sp³-hybridized carbons (Fsp3) is 0.346. The lowest BCUT2D eigenvalue weighted by atomic mass is 10.1. The normalized spacial score (nSPS) is 13.6. The molecule has 1 N–H and O–H groups in total. The van der Waals surface area contributed by atoms with Crippen LogP contribution in [0.3, 0.4) is 0 Å². The Kier molecular flexibility index (Phi) is 8.31. The van der Waals surface area contributed by atoms with E-state index in [2.05, 4.69) is 10.5 Å². The lowest BCUT2D eigenvalue weighted by molar-refractivity contribution is 0.0643. The number of nitrogens with zero attached hydrogens (tertiary/aromatic N) is 2. The van der Waals surface area contributed by atoms with Crippen LogP contribution in [0.25, 0.3) is 0 Å². The maximum absolute atomic E-state index is 13.4. The van der Waals surface area contributed by atoms with Gasteiger partial charge in [-0.25, -0.2) is 0 Å². The van der Waals surface area contributed by atoms with E-state index in [0.717, 1.165) is 37.0 Å². The minimum absolute atomic E-state index is 0.0705. The number of carbonyl (C=O) groups is 2. The van der Waals surface area contributed by atoms with E-state index in [-0.39, 0.29) is 30.1 Å². The highest BCUT2D eigenvalue weighted by atomic mass is 35.5. The number of halogens is 2. The number of hydrogen-bond donors (Lipinski definition) is 1. The maximum atomic E-state index is 13.4. The zero-order valence-electron chi connectivity index (χ0n) is 19.4. The molecule has 2 aromatic carbocycles. The zero-order valence-corrected chi connectivity index (χ0v) is 20.9. The van der Waals surface area contributed by atoms with Crippen molar-refractivity contribution in [3.63, 3.8) is 0 Å². The van der Waals surface area contributed by atoms with Crippen LogP contribution in [-0.2, 0) is 13.0 Å². The van der Waals surface area contributed by atoms with Crippen molar-refractivity contribution in [1.29, 1.82) is 0 Å². The molecule has 0 bridgehead atoms. The van der Waals surface area contributed by atoms with Crippen LogP contribution < -0.4 is 10.1 Å². The van der Waals surface area contributed by atoms with Crippen LogP contribution in [0.1, 0.15) is 57.9 Å². The molecular formula is C26H27Cl2N3O4. The highest BCUT2D eigenvalue weighted by molar-refractivity contribution is 6.36. The molecule has 1 aromatic heterocycles. The third-order valence-corrected chi connectivity index (χ3v) is 6.71. The number of rotatable bonds is 9. The van der Waals surface area contributed by atoms with Crippen LogP contribution in [0.2, 0.25) is 10.0 Å². The van der Waals surface area contributed by atoms with Gasteiger partial charge in [-0.3, -0.25) is 9.59 Å². The molecule has 0 saturated heterocycles. The molecule has 2 amide bonds. The van der Waals surface area contributed by atoms with Gasteiger partial charge in [0.05, 0.1) is 24.2 Å². The van der Waals surface area contributed by atoms with Gasteiger partial charge in [-0.15, -0.1) is 0 Å². The van der Waals surface area contributed by atoms with E-state index < -0.39 is 0 Å². The third-order valence-electron chi connectivity index (χ3n) is 6.16. The molecule has 9 heteroatoms. The van der Waals surface area contributed by atoms with E-state index in [0.29, 0.717) is 34.3 Å². The highest BCUT2D eigenvalue weighted by Gasteiger charge is 2.30. The maximum Gasteiger partial charge on any atom is 0.273 e. The molecule has 0 radical (unpaired) electrons. The zero-order chi connectivity index (χ0) is 24.8. The van der Waals surface area contributed by atoms with E-state index in [1.165, 1.54) is 0 Å².